The summed E-state index contributed by atoms with van der Waals surface area (Å²) in [6.07, 6.45) is 4.22. The van der Waals surface area contributed by atoms with Gasteiger partial charge >= 0.3 is 12.0 Å². The highest BCUT2D eigenvalue weighted by atomic mass is 35.5. The number of carboxylic acids is 1. The molecule has 2 aliphatic rings. The molecule has 0 bridgehead atoms. The Morgan fingerprint density at radius 2 is 2.25 bits per heavy atom. The van der Waals surface area contributed by atoms with Crippen LogP contribution < -0.4 is 5.32 Å². The average Bonchev–Trinajstić information content (AvgIpc) is 3.09. The zero-order valence-electron chi connectivity index (χ0n) is 13.6. The Bertz CT molecular complexity index is 636. The summed E-state index contributed by atoms with van der Waals surface area (Å²) in [5, 5.41) is 13.2. The van der Waals surface area contributed by atoms with Crippen molar-refractivity contribution in [1.82, 2.24) is 10.2 Å². The summed E-state index contributed by atoms with van der Waals surface area (Å²) in [5.74, 6) is -0.645. The van der Waals surface area contributed by atoms with E-state index in [0.29, 0.717) is 26.1 Å². The number of carboxylic acid groups (broad SMARTS) is 1. The minimum absolute atomic E-state index is 0.104. The predicted molar refractivity (Wildman–Crippen MR) is 92.2 cm³/mol. The lowest BCUT2D eigenvalue weighted by molar-refractivity contribution is -0.149. The third-order valence-corrected chi connectivity index (χ3v) is 5.63. The number of hydrogen-bond donors (Lipinski definition) is 2. The zero-order valence-corrected chi connectivity index (χ0v) is 14.4. The van der Waals surface area contributed by atoms with Gasteiger partial charge in [-0.15, -0.1) is 0 Å². The van der Waals surface area contributed by atoms with E-state index in [0.717, 1.165) is 36.3 Å². The maximum atomic E-state index is 12.3. The highest BCUT2D eigenvalue weighted by Crippen LogP contribution is 2.48. The normalized spacial score (nSPS) is 25.5. The van der Waals surface area contributed by atoms with Crippen molar-refractivity contribution in [2.24, 2.45) is 11.3 Å². The number of aryl methyl sites for hydroxylation is 1. The molecule has 1 aromatic carbocycles. The fraction of sp³-hybridized carbons (Fsp3) is 0.556. The van der Waals surface area contributed by atoms with Gasteiger partial charge < -0.3 is 15.3 Å². The van der Waals surface area contributed by atoms with Crippen LogP contribution in [0.15, 0.2) is 24.3 Å². The van der Waals surface area contributed by atoms with Gasteiger partial charge in [0.2, 0.25) is 0 Å². The molecule has 2 atom stereocenters. The molecular weight excluding hydrogens is 328 g/mol. The van der Waals surface area contributed by atoms with Crippen LogP contribution in [0.25, 0.3) is 0 Å². The summed E-state index contributed by atoms with van der Waals surface area (Å²) in [6, 6.07) is 7.57. The summed E-state index contributed by atoms with van der Waals surface area (Å²) in [6.45, 7) is 1.48. The number of rotatable bonds is 5. The van der Waals surface area contributed by atoms with E-state index in [1.807, 2.05) is 24.3 Å². The van der Waals surface area contributed by atoms with Crippen LogP contribution in [-0.2, 0) is 11.2 Å². The third-order valence-electron chi connectivity index (χ3n) is 5.39. The molecule has 1 aliphatic heterocycles. The van der Waals surface area contributed by atoms with Gasteiger partial charge in [-0.2, -0.15) is 0 Å². The van der Waals surface area contributed by atoms with E-state index in [-0.39, 0.29) is 11.9 Å². The van der Waals surface area contributed by atoms with Crippen LogP contribution in [0, 0.1) is 11.3 Å². The van der Waals surface area contributed by atoms with Crippen molar-refractivity contribution in [2.75, 3.05) is 19.6 Å². The van der Waals surface area contributed by atoms with Crippen LogP contribution in [0.2, 0.25) is 5.02 Å². The number of carbonyl (C=O) groups is 2. The van der Waals surface area contributed by atoms with Crippen LogP contribution in [0.1, 0.15) is 31.2 Å². The first-order valence-corrected chi connectivity index (χ1v) is 8.90. The van der Waals surface area contributed by atoms with Crippen molar-refractivity contribution >= 4 is 23.6 Å². The Kier molecular flexibility index (Phi) is 4.99. The highest BCUT2D eigenvalue weighted by Gasteiger charge is 2.55. The Hall–Kier alpha value is -1.75. The number of halogens is 1. The number of carbonyl (C=O) groups excluding carboxylic acids is 1. The lowest BCUT2D eigenvalue weighted by atomic mass is 9.81. The SMILES string of the molecule is O=C(NCCCc1cccc(Cl)c1)N1C[C@@H]2CCC[C@@]2(C(=O)O)C1. The molecule has 0 unspecified atom stereocenters. The van der Waals surface area contributed by atoms with E-state index < -0.39 is 11.4 Å². The lowest BCUT2D eigenvalue weighted by Gasteiger charge is -2.23. The molecule has 24 heavy (non-hydrogen) atoms. The second-order valence-corrected chi connectivity index (χ2v) is 7.33. The number of hydrogen-bond acceptors (Lipinski definition) is 2. The smallest absolute Gasteiger partial charge is 0.317 e. The minimum atomic E-state index is -0.749. The fourth-order valence-electron chi connectivity index (χ4n) is 4.09. The van der Waals surface area contributed by atoms with E-state index in [9.17, 15) is 14.7 Å². The molecule has 0 aromatic heterocycles. The molecular formula is C18H23ClN2O3. The quantitative estimate of drug-likeness (QED) is 0.801. The maximum Gasteiger partial charge on any atom is 0.317 e. The standard InChI is InChI=1S/C18H23ClN2O3/c19-15-7-1-4-13(10-15)5-3-9-20-17(24)21-11-14-6-2-8-18(14,12-21)16(22)23/h1,4,7,10,14H,2-3,5-6,8-9,11-12H2,(H,20,24)(H,22,23)/t14-,18+/m0/s1. The molecule has 2 N–H and O–H groups in total. The van der Waals surface area contributed by atoms with E-state index in [4.69, 9.17) is 11.6 Å². The predicted octanol–water partition coefficient (Wildman–Crippen LogP) is 3.17. The van der Waals surface area contributed by atoms with Crippen LogP contribution in [0.4, 0.5) is 4.79 Å². The molecule has 6 heteroatoms. The summed E-state index contributed by atoms with van der Waals surface area (Å²) in [7, 11) is 0. The van der Waals surface area contributed by atoms with Crippen LogP contribution in [-0.4, -0.2) is 41.6 Å². The molecule has 130 valence electrons. The molecule has 2 fully saturated rings. The average molecular weight is 351 g/mol. The van der Waals surface area contributed by atoms with Crippen molar-refractivity contribution in [3.8, 4) is 0 Å². The molecule has 1 aliphatic carbocycles. The third kappa shape index (κ3) is 3.36. The van der Waals surface area contributed by atoms with E-state index in [1.54, 1.807) is 4.90 Å². The van der Waals surface area contributed by atoms with Gasteiger partial charge in [0, 0.05) is 24.7 Å². The number of likely N-dealkylation sites (tertiary alicyclic amines) is 1. The number of nitrogens with zero attached hydrogens (tertiary/aromatic N) is 1. The first-order valence-electron chi connectivity index (χ1n) is 8.52. The molecule has 2 amide bonds. The Balaban J connectivity index is 1.45. The van der Waals surface area contributed by atoms with E-state index in [2.05, 4.69) is 5.32 Å². The molecule has 0 spiro atoms. The van der Waals surface area contributed by atoms with E-state index >= 15 is 0 Å². The minimum Gasteiger partial charge on any atom is -0.481 e. The second-order valence-electron chi connectivity index (χ2n) is 6.90. The van der Waals surface area contributed by atoms with Crippen LogP contribution >= 0.6 is 11.6 Å². The molecule has 1 saturated heterocycles. The largest absolute Gasteiger partial charge is 0.481 e. The molecule has 1 saturated carbocycles. The van der Waals surface area contributed by atoms with Crippen LogP contribution in [0.3, 0.4) is 0 Å². The van der Waals surface area contributed by atoms with Gasteiger partial charge in [-0.1, -0.05) is 30.2 Å². The van der Waals surface area contributed by atoms with Crippen molar-refractivity contribution < 1.29 is 14.7 Å². The van der Waals surface area contributed by atoms with Crippen molar-refractivity contribution in [1.29, 1.82) is 0 Å². The zero-order chi connectivity index (χ0) is 17.2. The fourth-order valence-corrected chi connectivity index (χ4v) is 4.30. The summed E-state index contributed by atoms with van der Waals surface area (Å²) in [5.41, 5.74) is 0.440. The van der Waals surface area contributed by atoms with Crippen LogP contribution in [0.5, 0.6) is 0 Å². The number of fused-ring (bicyclic) bond motifs is 1. The molecule has 1 aromatic rings. The summed E-state index contributed by atoms with van der Waals surface area (Å²) >= 11 is 5.95. The van der Waals surface area contributed by atoms with Gasteiger partial charge in [-0.3, -0.25) is 4.79 Å². The molecule has 0 radical (unpaired) electrons. The Morgan fingerprint density at radius 3 is 2.96 bits per heavy atom. The van der Waals surface area contributed by atoms with Gasteiger partial charge in [0.25, 0.3) is 0 Å². The highest BCUT2D eigenvalue weighted by molar-refractivity contribution is 6.30. The monoisotopic (exact) mass is 350 g/mol. The van der Waals surface area contributed by atoms with Gasteiger partial charge in [0.15, 0.2) is 0 Å². The number of urea groups is 1. The number of nitrogens with one attached hydrogen (secondary N) is 1. The lowest BCUT2D eigenvalue weighted by Crippen LogP contribution is -2.42. The van der Waals surface area contributed by atoms with Crippen molar-refractivity contribution in [3.63, 3.8) is 0 Å². The van der Waals surface area contributed by atoms with E-state index in [1.165, 1.54) is 0 Å². The van der Waals surface area contributed by atoms with Crippen molar-refractivity contribution in [2.45, 2.75) is 32.1 Å². The number of benzene rings is 1. The summed E-state index contributed by atoms with van der Waals surface area (Å²) in [4.78, 5) is 25.6. The Morgan fingerprint density at radius 1 is 1.42 bits per heavy atom. The topological polar surface area (TPSA) is 69.6 Å². The first kappa shape index (κ1) is 17.1. The molecule has 3 rings (SSSR count). The van der Waals surface area contributed by atoms with Crippen molar-refractivity contribution in [3.05, 3.63) is 34.9 Å². The van der Waals surface area contributed by atoms with Gasteiger partial charge in [-0.05, 0) is 49.3 Å². The molecule has 5 nitrogen and oxygen atoms in total. The summed E-state index contributed by atoms with van der Waals surface area (Å²) < 4.78 is 0. The van der Waals surface area contributed by atoms with Gasteiger partial charge in [0.1, 0.15) is 0 Å². The van der Waals surface area contributed by atoms with Gasteiger partial charge in [-0.25, -0.2) is 4.79 Å². The number of aliphatic carboxylic acids is 1. The molecule has 1 heterocycles. The first-order chi connectivity index (χ1) is 11.5. The second kappa shape index (κ2) is 7.01. The van der Waals surface area contributed by atoms with Gasteiger partial charge in [0.05, 0.1) is 5.41 Å². The number of amides is 2. The Labute approximate surface area is 147 Å². The maximum absolute atomic E-state index is 12.3.